The van der Waals surface area contributed by atoms with E-state index < -0.39 is 0 Å². The van der Waals surface area contributed by atoms with Gasteiger partial charge in [-0.15, -0.1) is 11.5 Å². The number of para-hydroxylation sites is 2. The van der Waals surface area contributed by atoms with E-state index in [9.17, 15) is 0 Å². The predicted octanol–water partition coefficient (Wildman–Crippen LogP) is 8.58. The zero-order valence-electron chi connectivity index (χ0n) is 22.0. The van der Waals surface area contributed by atoms with Crippen molar-refractivity contribution in [2.75, 3.05) is 4.90 Å². The second kappa shape index (κ2) is 9.76. The van der Waals surface area contributed by atoms with E-state index in [0.717, 1.165) is 33.1 Å². The van der Waals surface area contributed by atoms with Crippen molar-refractivity contribution in [3.63, 3.8) is 0 Å². The first-order valence-corrected chi connectivity index (χ1v) is 12.2. The van der Waals surface area contributed by atoms with E-state index in [4.69, 9.17) is 9.97 Å². The van der Waals surface area contributed by atoms with Crippen molar-refractivity contribution in [1.29, 1.82) is 0 Å². The molecule has 3 nitrogen and oxygen atoms in total. The molecule has 3 aromatic carbocycles. The van der Waals surface area contributed by atoms with E-state index in [2.05, 4.69) is 120 Å². The van der Waals surface area contributed by atoms with E-state index >= 15 is 0 Å². The molecule has 0 N–H and O–H groups in total. The molecule has 185 valence electrons. The molecule has 0 bridgehead atoms. The summed E-state index contributed by atoms with van der Waals surface area (Å²) in [6, 6.07) is 21.7. The molecule has 5 rings (SSSR count). The third kappa shape index (κ3) is 4.45. The molecule has 36 heavy (non-hydrogen) atoms. The summed E-state index contributed by atoms with van der Waals surface area (Å²) in [6.07, 6.45) is 5.24. The van der Waals surface area contributed by atoms with Crippen LogP contribution in [0.15, 0.2) is 66.9 Å². The summed E-state index contributed by atoms with van der Waals surface area (Å²) in [5.74, 6) is 0. The Labute approximate surface area is 228 Å². The van der Waals surface area contributed by atoms with E-state index in [1.165, 1.54) is 33.6 Å². The van der Waals surface area contributed by atoms with Crippen molar-refractivity contribution >= 4 is 38.7 Å². The Balaban J connectivity index is 0.00000304. The molecular weight excluding hydrogens is 619 g/mol. The number of pyridine rings is 2. The fraction of sp³-hybridized carbons (Fsp3) is 0.250. The maximum atomic E-state index is 4.82. The van der Waals surface area contributed by atoms with Gasteiger partial charge in [0.15, 0.2) is 0 Å². The quantitative estimate of drug-likeness (QED) is 0.145. The van der Waals surface area contributed by atoms with Gasteiger partial charge in [0, 0.05) is 32.0 Å². The molecule has 0 unspecified atom stereocenters. The molecule has 5 aromatic rings. The molecule has 4 heteroatoms. The first kappa shape index (κ1) is 26.0. The number of hydrogen-bond acceptors (Lipinski definition) is 3. The minimum Gasteiger partial charge on any atom is -0.356 e. The summed E-state index contributed by atoms with van der Waals surface area (Å²) < 4.78 is 0. The minimum absolute atomic E-state index is 0. The molecule has 0 spiro atoms. The number of aryl methyl sites for hydroxylation is 4. The van der Waals surface area contributed by atoms with Crippen LogP contribution < -0.4 is 4.90 Å². The SMILES string of the molecule is Cc1cccc(C)c1N(c1c(C)cccc1C)c1ccnc2c1ccc1cc(C(C)(C)C)n[c-]c12.[Ir]. The monoisotopic (exact) mass is 651 g/mol. The average Bonchev–Trinajstić information content (AvgIpc) is 2.81. The standard InChI is InChI=1S/C32H32N3.Ir/c1-20-10-8-11-21(2)30(20)35(31-22(3)12-9-13-23(31)4)27-16-17-33-29-25(27)15-14-24-18-28(32(5,6)7)34-19-26(24)29;/h8-18H,1-7H3;/q-1;. The van der Waals surface area contributed by atoms with Gasteiger partial charge in [-0.3, -0.25) is 0 Å². The predicted molar refractivity (Wildman–Crippen MR) is 148 cm³/mol. The van der Waals surface area contributed by atoms with Gasteiger partial charge in [0.05, 0.1) is 11.4 Å². The Morgan fingerprint density at radius 2 is 1.31 bits per heavy atom. The molecule has 2 heterocycles. The second-order valence-electron chi connectivity index (χ2n) is 10.6. The number of nitrogens with zero attached hydrogens (tertiary/aromatic N) is 3. The first-order chi connectivity index (χ1) is 16.7. The Morgan fingerprint density at radius 3 is 1.83 bits per heavy atom. The molecule has 0 fully saturated rings. The van der Waals surface area contributed by atoms with Gasteiger partial charge in [0.1, 0.15) is 0 Å². The van der Waals surface area contributed by atoms with Gasteiger partial charge in [0.25, 0.3) is 0 Å². The molecule has 0 saturated carbocycles. The van der Waals surface area contributed by atoms with Crippen molar-refractivity contribution in [1.82, 2.24) is 9.97 Å². The van der Waals surface area contributed by atoms with Crippen molar-refractivity contribution < 1.29 is 20.1 Å². The van der Waals surface area contributed by atoms with Crippen molar-refractivity contribution in [3.8, 4) is 0 Å². The van der Waals surface area contributed by atoms with Gasteiger partial charge < -0.3 is 14.9 Å². The number of fused-ring (bicyclic) bond motifs is 3. The largest absolute Gasteiger partial charge is 0.356 e. The summed E-state index contributed by atoms with van der Waals surface area (Å²) in [5.41, 5.74) is 10.4. The van der Waals surface area contributed by atoms with Crippen molar-refractivity contribution in [3.05, 3.63) is 101 Å². The Hall–Kier alpha value is -3.07. The topological polar surface area (TPSA) is 29.0 Å². The van der Waals surface area contributed by atoms with Crippen LogP contribution in [0.1, 0.15) is 48.7 Å². The van der Waals surface area contributed by atoms with E-state index in [1.54, 1.807) is 0 Å². The van der Waals surface area contributed by atoms with Gasteiger partial charge in [0.2, 0.25) is 0 Å². The molecule has 2 aromatic heterocycles. The third-order valence-corrected chi connectivity index (χ3v) is 6.84. The molecule has 1 radical (unpaired) electrons. The summed E-state index contributed by atoms with van der Waals surface area (Å²) in [4.78, 5) is 11.9. The summed E-state index contributed by atoms with van der Waals surface area (Å²) >= 11 is 0. The van der Waals surface area contributed by atoms with Crippen LogP contribution in [-0.4, -0.2) is 9.97 Å². The molecule has 0 amide bonds. The number of anilines is 3. The van der Waals surface area contributed by atoms with Crippen LogP contribution in [0.4, 0.5) is 17.1 Å². The van der Waals surface area contributed by atoms with Crippen LogP contribution in [0, 0.1) is 33.9 Å². The van der Waals surface area contributed by atoms with E-state index in [0.29, 0.717) is 0 Å². The number of hydrogen-bond donors (Lipinski definition) is 0. The van der Waals surface area contributed by atoms with Gasteiger partial charge >= 0.3 is 0 Å². The fourth-order valence-electron chi connectivity index (χ4n) is 5.00. The Bertz CT molecular complexity index is 1490. The normalized spacial score (nSPS) is 11.5. The van der Waals surface area contributed by atoms with Crippen LogP contribution in [-0.2, 0) is 25.5 Å². The minimum atomic E-state index is -0.0313. The average molecular weight is 651 g/mol. The van der Waals surface area contributed by atoms with Gasteiger partial charge in [-0.2, -0.15) is 0 Å². The van der Waals surface area contributed by atoms with Crippen LogP contribution in [0.25, 0.3) is 21.7 Å². The number of aromatic nitrogens is 2. The van der Waals surface area contributed by atoms with E-state index in [-0.39, 0.29) is 25.5 Å². The zero-order chi connectivity index (χ0) is 24.9. The fourth-order valence-corrected chi connectivity index (χ4v) is 5.00. The summed E-state index contributed by atoms with van der Waals surface area (Å²) in [6.45, 7) is 15.3. The smallest absolute Gasteiger partial charge is 0.0520 e. The third-order valence-electron chi connectivity index (χ3n) is 6.84. The van der Waals surface area contributed by atoms with Crippen molar-refractivity contribution in [2.24, 2.45) is 0 Å². The van der Waals surface area contributed by atoms with Crippen LogP contribution in [0.3, 0.4) is 0 Å². The van der Waals surface area contributed by atoms with Crippen LogP contribution >= 0.6 is 0 Å². The number of rotatable bonds is 3. The summed E-state index contributed by atoms with van der Waals surface area (Å²) in [5, 5.41) is 3.17. The molecular formula is C32H32IrN3-. The molecule has 0 saturated heterocycles. The van der Waals surface area contributed by atoms with Crippen molar-refractivity contribution in [2.45, 2.75) is 53.9 Å². The van der Waals surface area contributed by atoms with Gasteiger partial charge in [-0.05, 0) is 84.2 Å². The maximum absolute atomic E-state index is 4.82. The van der Waals surface area contributed by atoms with Gasteiger partial charge in [-0.25, -0.2) is 0 Å². The molecule has 0 aliphatic heterocycles. The zero-order valence-corrected chi connectivity index (χ0v) is 24.4. The molecule has 0 aliphatic rings. The van der Waals surface area contributed by atoms with Crippen LogP contribution in [0.2, 0.25) is 0 Å². The Morgan fingerprint density at radius 1 is 0.750 bits per heavy atom. The van der Waals surface area contributed by atoms with Gasteiger partial charge in [-0.1, -0.05) is 74.7 Å². The second-order valence-corrected chi connectivity index (χ2v) is 10.6. The molecule has 0 atom stereocenters. The van der Waals surface area contributed by atoms with Crippen LogP contribution in [0.5, 0.6) is 0 Å². The maximum Gasteiger partial charge on any atom is 0.0520 e. The Kier molecular flexibility index (Phi) is 7.05. The first-order valence-electron chi connectivity index (χ1n) is 12.2. The molecule has 0 aliphatic carbocycles. The number of benzene rings is 3. The van der Waals surface area contributed by atoms with E-state index in [1.807, 2.05) is 6.20 Å². The summed E-state index contributed by atoms with van der Waals surface area (Å²) in [7, 11) is 0.